The van der Waals surface area contributed by atoms with Crippen LogP contribution in [0.2, 0.25) is 0 Å². The minimum Gasteiger partial charge on any atom is -0.481 e. The van der Waals surface area contributed by atoms with Gasteiger partial charge in [-0.05, 0) is 35.1 Å². The number of nitrogens with one attached hydrogen (secondary N) is 3. The van der Waals surface area contributed by atoms with Gasteiger partial charge in [0.2, 0.25) is 11.8 Å². The number of carbonyl (C=O) groups is 4. The lowest BCUT2D eigenvalue weighted by Crippen LogP contribution is -2.62. The third kappa shape index (κ3) is 4.97. The highest BCUT2D eigenvalue weighted by Gasteiger charge is 2.34. The van der Waals surface area contributed by atoms with Crippen molar-refractivity contribution >= 4 is 23.9 Å². The Kier molecular flexibility index (Phi) is 6.58. The van der Waals surface area contributed by atoms with Crippen LogP contribution in [0.15, 0.2) is 48.5 Å². The molecular weight excluding hydrogens is 426 g/mol. The molecular formula is C24H25N3O6. The molecule has 1 aliphatic carbocycles. The second-order valence-corrected chi connectivity index (χ2v) is 8.11. The quantitative estimate of drug-likeness (QED) is 0.452. The van der Waals surface area contributed by atoms with Crippen molar-refractivity contribution in [3.05, 3.63) is 59.7 Å². The van der Waals surface area contributed by atoms with Gasteiger partial charge in [0.15, 0.2) is 0 Å². The fourth-order valence-electron chi connectivity index (χ4n) is 4.34. The van der Waals surface area contributed by atoms with E-state index in [9.17, 15) is 19.2 Å². The summed E-state index contributed by atoms with van der Waals surface area (Å²) in [5.41, 5.74) is 4.57. The van der Waals surface area contributed by atoms with Crippen LogP contribution >= 0.6 is 0 Å². The highest BCUT2D eigenvalue weighted by atomic mass is 16.5. The summed E-state index contributed by atoms with van der Waals surface area (Å²) in [6.07, 6.45) is -0.267. The van der Waals surface area contributed by atoms with Crippen LogP contribution in [0.5, 0.6) is 0 Å². The van der Waals surface area contributed by atoms with Crippen LogP contribution in [0, 0.1) is 0 Å². The molecule has 0 aromatic heterocycles. The molecule has 1 aliphatic heterocycles. The van der Waals surface area contributed by atoms with E-state index in [1.54, 1.807) is 0 Å². The number of carboxylic acids is 1. The Bertz CT molecular complexity index is 1040. The molecule has 3 amide bonds. The SMILES string of the molecule is O=C(O)C[C@H]1NC(=O)[C@@H](CCCNC(=O)OCC2c3ccccc3-c3ccccc32)NC1=O. The summed E-state index contributed by atoms with van der Waals surface area (Å²) in [4.78, 5) is 47.0. The molecule has 0 spiro atoms. The number of aliphatic carboxylic acids is 1. The lowest BCUT2D eigenvalue weighted by Gasteiger charge is -2.28. The number of alkyl carbamates (subject to hydrolysis) is 1. The predicted octanol–water partition coefficient (Wildman–Crippen LogP) is 1.76. The largest absolute Gasteiger partial charge is 0.481 e. The second kappa shape index (κ2) is 9.72. The third-order valence-corrected chi connectivity index (χ3v) is 5.93. The monoisotopic (exact) mass is 451 g/mol. The van der Waals surface area contributed by atoms with Crippen molar-refractivity contribution in [3.8, 4) is 11.1 Å². The van der Waals surface area contributed by atoms with E-state index >= 15 is 0 Å². The second-order valence-electron chi connectivity index (χ2n) is 8.11. The van der Waals surface area contributed by atoms with Crippen LogP contribution in [-0.4, -0.2) is 54.2 Å². The fourth-order valence-corrected chi connectivity index (χ4v) is 4.34. The van der Waals surface area contributed by atoms with Gasteiger partial charge >= 0.3 is 12.1 Å². The Balaban J connectivity index is 1.22. The standard InChI is InChI=1S/C24H25N3O6/c28-21(29)12-20-23(31)26-19(22(30)27-20)10-5-11-25-24(32)33-13-18-16-8-3-1-6-14(16)15-7-2-4-9-17(15)18/h1-4,6-9,18-20H,5,10-13H2,(H,25,32)(H,26,31)(H,27,30)(H,28,29)/t19-,20-/m1/s1. The Morgan fingerprint density at radius 2 is 1.48 bits per heavy atom. The number of fused-ring (bicyclic) bond motifs is 3. The van der Waals surface area contributed by atoms with Crippen LogP contribution in [0.1, 0.15) is 36.3 Å². The number of ether oxygens (including phenoxy) is 1. The van der Waals surface area contributed by atoms with E-state index in [1.807, 2.05) is 36.4 Å². The van der Waals surface area contributed by atoms with Crippen LogP contribution in [0.25, 0.3) is 11.1 Å². The summed E-state index contributed by atoms with van der Waals surface area (Å²) in [6.45, 7) is 0.487. The molecule has 2 aromatic rings. The van der Waals surface area contributed by atoms with Crippen molar-refractivity contribution in [2.24, 2.45) is 0 Å². The van der Waals surface area contributed by atoms with Gasteiger partial charge in [-0.25, -0.2) is 4.79 Å². The van der Waals surface area contributed by atoms with Crippen molar-refractivity contribution in [3.63, 3.8) is 0 Å². The number of hydrogen-bond acceptors (Lipinski definition) is 5. The molecule has 33 heavy (non-hydrogen) atoms. The number of hydrogen-bond donors (Lipinski definition) is 4. The van der Waals surface area contributed by atoms with Gasteiger partial charge in [-0.1, -0.05) is 48.5 Å². The molecule has 0 unspecified atom stereocenters. The Labute approximate surface area is 190 Å². The summed E-state index contributed by atoms with van der Waals surface area (Å²) in [7, 11) is 0. The minimum absolute atomic E-state index is 0.0250. The number of benzene rings is 2. The zero-order valence-corrected chi connectivity index (χ0v) is 17.9. The van der Waals surface area contributed by atoms with Gasteiger partial charge in [-0.15, -0.1) is 0 Å². The molecule has 0 saturated carbocycles. The summed E-state index contributed by atoms with van der Waals surface area (Å²) in [5.74, 6) is -2.14. The summed E-state index contributed by atoms with van der Waals surface area (Å²) < 4.78 is 5.47. The predicted molar refractivity (Wildman–Crippen MR) is 118 cm³/mol. The van der Waals surface area contributed by atoms with E-state index < -0.39 is 42.4 Å². The highest BCUT2D eigenvalue weighted by molar-refractivity contribution is 5.98. The van der Waals surface area contributed by atoms with Gasteiger partial charge in [-0.2, -0.15) is 0 Å². The molecule has 1 heterocycles. The van der Waals surface area contributed by atoms with E-state index in [-0.39, 0.29) is 19.1 Å². The summed E-state index contributed by atoms with van der Waals surface area (Å²) >= 11 is 0. The van der Waals surface area contributed by atoms with E-state index in [0.29, 0.717) is 12.8 Å². The maximum Gasteiger partial charge on any atom is 0.407 e. The first-order valence-electron chi connectivity index (χ1n) is 10.9. The molecule has 2 atom stereocenters. The third-order valence-electron chi connectivity index (χ3n) is 5.93. The molecule has 0 radical (unpaired) electrons. The Morgan fingerprint density at radius 3 is 2.12 bits per heavy atom. The van der Waals surface area contributed by atoms with Crippen LogP contribution < -0.4 is 16.0 Å². The van der Waals surface area contributed by atoms with Crippen LogP contribution in [-0.2, 0) is 19.1 Å². The number of rotatable bonds is 8. The molecule has 2 aliphatic rings. The lowest BCUT2D eigenvalue weighted by molar-refractivity contribution is -0.143. The van der Waals surface area contributed by atoms with Crippen molar-refractivity contribution < 1.29 is 29.0 Å². The zero-order chi connectivity index (χ0) is 23.4. The Morgan fingerprint density at radius 1 is 0.909 bits per heavy atom. The van der Waals surface area contributed by atoms with Gasteiger partial charge in [0.05, 0.1) is 6.42 Å². The van der Waals surface area contributed by atoms with Crippen molar-refractivity contribution in [2.45, 2.75) is 37.3 Å². The molecule has 4 rings (SSSR count). The lowest BCUT2D eigenvalue weighted by atomic mass is 9.98. The van der Waals surface area contributed by atoms with E-state index in [4.69, 9.17) is 9.84 Å². The van der Waals surface area contributed by atoms with Gasteiger partial charge in [-0.3, -0.25) is 14.4 Å². The van der Waals surface area contributed by atoms with Gasteiger partial charge in [0, 0.05) is 12.5 Å². The average Bonchev–Trinajstić information content (AvgIpc) is 3.11. The van der Waals surface area contributed by atoms with Gasteiger partial charge in [0.25, 0.3) is 0 Å². The molecule has 9 nitrogen and oxygen atoms in total. The number of carboxylic acid groups (broad SMARTS) is 1. The molecule has 1 saturated heterocycles. The number of amides is 3. The molecule has 1 fully saturated rings. The van der Waals surface area contributed by atoms with E-state index in [2.05, 4.69) is 28.1 Å². The number of piperazine rings is 1. The van der Waals surface area contributed by atoms with E-state index in [0.717, 1.165) is 22.3 Å². The maximum absolute atomic E-state index is 12.2. The Hall–Kier alpha value is -3.88. The molecule has 4 N–H and O–H groups in total. The normalized spacial score (nSPS) is 19.2. The minimum atomic E-state index is -1.17. The topological polar surface area (TPSA) is 134 Å². The smallest absolute Gasteiger partial charge is 0.407 e. The first kappa shape index (κ1) is 22.3. The molecule has 9 heteroatoms. The molecule has 2 aromatic carbocycles. The van der Waals surface area contributed by atoms with Crippen molar-refractivity contribution in [1.82, 2.24) is 16.0 Å². The summed E-state index contributed by atoms with van der Waals surface area (Å²) in [6, 6.07) is 14.3. The maximum atomic E-state index is 12.2. The van der Waals surface area contributed by atoms with Gasteiger partial charge < -0.3 is 25.8 Å². The number of carbonyl (C=O) groups excluding carboxylic acids is 3. The zero-order valence-electron chi connectivity index (χ0n) is 17.9. The van der Waals surface area contributed by atoms with Crippen LogP contribution in [0.4, 0.5) is 4.79 Å². The highest BCUT2D eigenvalue weighted by Crippen LogP contribution is 2.44. The van der Waals surface area contributed by atoms with Crippen molar-refractivity contribution in [2.75, 3.05) is 13.2 Å². The average molecular weight is 451 g/mol. The first-order valence-corrected chi connectivity index (χ1v) is 10.9. The molecule has 0 bridgehead atoms. The summed E-state index contributed by atoms with van der Waals surface area (Å²) in [5, 5.41) is 16.4. The first-order chi connectivity index (χ1) is 15.9. The molecule has 172 valence electrons. The van der Waals surface area contributed by atoms with Crippen molar-refractivity contribution in [1.29, 1.82) is 0 Å². The van der Waals surface area contributed by atoms with Crippen LogP contribution in [0.3, 0.4) is 0 Å². The van der Waals surface area contributed by atoms with E-state index in [1.165, 1.54) is 0 Å². The fraction of sp³-hybridized carbons (Fsp3) is 0.333. The van der Waals surface area contributed by atoms with Gasteiger partial charge in [0.1, 0.15) is 18.7 Å².